The van der Waals surface area contributed by atoms with E-state index >= 15 is 0 Å². The minimum atomic E-state index is -0.605. The fourth-order valence-corrected chi connectivity index (χ4v) is 4.90. The third-order valence-corrected chi connectivity index (χ3v) is 7.04. The SMILES string of the molecule is Cc1c(Cc2ccc(F)c(C(=O)N3CCCN(C4CCCCC4)C(=O)C3)c2)n[nH]c(=O)c1C. The van der Waals surface area contributed by atoms with Crippen molar-refractivity contribution in [3.8, 4) is 0 Å². The Morgan fingerprint density at radius 1 is 1.09 bits per heavy atom. The second-order valence-corrected chi connectivity index (χ2v) is 9.20. The van der Waals surface area contributed by atoms with Crippen LogP contribution in [0.25, 0.3) is 0 Å². The van der Waals surface area contributed by atoms with Crippen LogP contribution in [-0.2, 0) is 11.2 Å². The molecule has 0 unspecified atom stereocenters. The second-order valence-electron chi connectivity index (χ2n) is 9.20. The normalized spacial score (nSPS) is 17.8. The van der Waals surface area contributed by atoms with Crippen LogP contribution in [-0.4, -0.2) is 57.5 Å². The Kier molecular flexibility index (Phi) is 6.91. The summed E-state index contributed by atoms with van der Waals surface area (Å²) in [5, 5.41) is 6.59. The summed E-state index contributed by atoms with van der Waals surface area (Å²) >= 11 is 0. The number of H-pyrrole nitrogens is 1. The molecule has 1 aliphatic heterocycles. The molecule has 7 nitrogen and oxygen atoms in total. The van der Waals surface area contributed by atoms with Crippen molar-refractivity contribution in [1.82, 2.24) is 20.0 Å². The topological polar surface area (TPSA) is 86.4 Å². The van der Waals surface area contributed by atoms with Crippen molar-refractivity contribution >= 4 is 11.8 Å². The Bertz CT molecular complexity index is 1110. The molecule has 0 atom stereocenters. The zero-order valence-electron chi connectivity index (χ0n) is 19.3. The quantitative estimate of drug-likeness (QED) is 0.769. The number of rotatable bonds is 4. The van der Waals surface area contributed by atoms with Crippen molar-refractivity contribution in [3.05, 3.63) is 62.3 Å². The van der Waals surface area contributed by atoms with Gasteiger partial charge in [0.25, 0.3) is 11.5 Å². The summed E-state index contributed by atoms with van der Waals surface area (Å²) in [5.74, 6) is -1.12. The highest BCUT2D eigenvalue weighted by molar-refractivity contribution is 5.97. The first-order chi connectivity index (χ1) is 15.8. The lowest BCUT2D eigenvalue weighted by atomic mass is 9.94. The lowest BCUT2D eigenvalue weighted by Gasteiger charge is -2.33. The number of aromatic amines is 1. The van der Waals surface area contributed by atoms with Crippen LogP contribution in [0, 0.1) is 19.7 Å². The zero-order valence-corrected chi connectivity index (χ0v) is 19.3. The van der Waals surface area contributed by atoms with E-state index < -0.39 is 11.7 Å². The summed E-state index contributed by atoms with van der Waals surface area (Å²) in [7, 11) is 0. The van der Waals surface area contributed by atoms with Gasteiger partial charge in [0.1, 0.15) is 12.4 Å². The van der Waals surface area contributed by atoms with Gasteiger partial charge in [0.05, 0.1) is 11.3 Å². The van der Waals surface area contributed by atoms with E-state index in [-0.39, 0.29) is 29.6 Å². The van der Waals surface area contributed by atoms with Crippen molar-refractivity contribution in [3.63, 3.8) is 0 Å². The Morgan fingerprint density at radius 2 is 1.85 bits per heavy atom. The maximum atomic E-state index is 14.7. The Labute approximate surface area is 193 Å². The molecule has 1 aromatic carbocycles. The Hall–Kier alpha value is -3.03. The molecule has 2 aromatic rings. The standard InChI is InChI=1S/C25H31FN4O3/c1-16-17(2)24(32)28-27-22(16)14-18-9-10-21(26)20(13-18)25(33)29-11-6-12-30(23(31)15-29)19-7-4-3-5-8-19/h9-10,13,19H,3-8,11-12,14-15H2,1-2H3,(H,28,32). The number of hydrogen-bond acceptors (Lipinski definition) is 4. The molecule has 1 aliphatic carbocycles. The lowest BCUT2D eigenvalue weighted by Crippen LogP contribution is -2.45. The fourth-order valence-electron chi connectivity index (χ4n) is 4.90. The van der Waals surface area contributed by atoms with Crippen LogP contribution < -0.4 is 5.56 Å². The van der Waals surface area contributed by atoms with E-state index in [0.29, 0.717) is 42.8 Å². The van der Waals surface area contributed by atoms with E-state index in [1.54, 1.807) is 13.0 Å². The predicted molar refractivity (Wildman–Crippen MR) is 123 cm³/mol. The third-order valence-electron chi connectivity index (χ3n) is 7.04. The molecule has 33 heavy (non-hydrogen) atoms. The van der Waals surface area contributed by atoms with Crippen molar-refractivity contribution in [2.75, 3.05) is 19.6 Å². The number of halogens is 1. The van der Waals surface area contributed by atoms with Crippen LogP contribution in [0.15, 0.2) is 23.0 Å². The Morgan fingerprint density at radius 3 is 2.61 bits per heavy atom. The van der Waals surface area contributed by atoms with Crippen LogP contribution in [0.3, 0.4) is 0 Å². The summed E-state index contributed by atoms with van der Waals surface area (Å²) in [5.41, 5.74) is 2.47. The van der Waals surface area contributed by atoms with E-state index in [4.69, 9.17) is 0 Å². The average molecular weight is 455 g/mol. The van der Waals surface area contributed by atoms with Gasteiger partial charge >= 0.3 is 0 Å². The number of nitrogens with zero attached hydrogens (tertiary/aromatic N) is 3. The smallest absolute Gasteiger partial charge is 0.267 e. The van der Waals surface area contributed by atoms with Crippen LogP contribution >= 0.6 is 0 Å². The second kappa shape index (κ2) is 9.85. The third kappa shape index (κ3) is 4.99. The lowest BCUT2D eigenvalue weighted by molar-refractivity contribution is -0.133. The molecule has 0 bridgehead atoms. The molecular weight excluding hydrogens is 423 g/mol. The number of amides is 2. The monoisotopic (exact) mass is 454 g/mol. The summed E-state index contributed by atoms with van der Waals surface area (Å²) < 4.78 is 14.7. The van der Waals surface area contributed by atoms with Gasteiger partial charge in [-0.3, -0.25) is 14.4 Å². The minimum Gasteiger partial charge on any atom is -0.338 e. The van der Waals surface area contributed by atoms with Gasteiger partial charge in [0.2, 0.25) is 5.91 Å². The minimum absolute atomic E-state index is 0.0151. The van der Waals surface area contributed by atoms with Gasteiger partial charge in [-0.15, -0.1) is 0 Å². The molecule has 176 valence electrons. The van der Waals surface area contributed by atoms with Crippen LogP contribution in [0.1, 0.15) is 71.3 Å². The van der Waals surface area contributed by atoms with Gasteiger partial charge in [-0.25, -0.2) is 9.49 Å². The largest absolute Gasteiger partial charge is 0.338 e. The summed E-state index contributed by atoms with van der Waals surface area (Å²) in [6, 6.07) is 4.70. The first-order valence-electron chi connectivity index (χ1n) is 11.8. The molecule has 2 amide bonds. The molecule has 8 heteroatoms. The molecule has 1 N–H and O–H groups in total. The highest BCUT2D eigenvalue weighted by Crippen LogP contribution is 2.25. The fraction of sp³-hybridized carbons (Fsp3) is 0.520. The molecule has 4 rings (SSSR count). The van der Waals surface area contributed by atoms with E-state index in [2.05, 4.69) is 10.2 Å². The number of hydrogen-bond donors (Lipinski definition) is 1. The summed E-state index contributed by atoms with van der Waals surface area (Å²) in [4.78, 5) is 41.3. The van der Waals surface area contributed by atoms with Gasteiger partial charge in [0, 0.05) is 31.1 Å². The average Bonchev–Trinajstić information content (AvgIpc) is 3.02. The van der Waals surface area contributed by atoms with E-state index in [0.717, 1.165) is 31.2 Å². The van der Waals surface area contributed by atoms with Gasteiger partial charge < -0.3 is 9.80 Å². The van der Waals surface area contributed by atoms with Crippen molar-refractivity contribution in [2.24, 2.45) is 0 Å². The van der Waals surface area contributed by atoms with E-state index in [1.165, 1.54) is 23.5 Å². The molecule has 1 saturated carbocycles. The van der Waals surface area contributed by atoms with Crippen molar-refractivity contribution in [1.29, 1.82) is 0 Å². The Balaban J connectivity index is 1.51. The first-order valence-corrected chi connectivity index (χ1v) is 11.8. The highest BCUT2D eigenvalue weighted by atomic mass is 19.1. The molecule has 2 heterocycles. The zero-order chi connectivity index (χ0) is 23.5. The molecule has 0 spiro atoms. The molecule has 2 aliphatic rings. The highest BCUT2D eigenvalue weighted by Gasteiger charge is 2.31. The maximum absolute atomic E-state index is 14.7. The number of benzene rings is 1. The summed E-state index contributed by atoms with van der Waals surface area (Å²) in [6.07, 6.45) is 6.58. The maximum Gasteiger partial charge on any atom is 0.267 e. The van der Waals surface area contributed by atoms with Gasteiger partial charge in [-0.05, 0) is 56.4 Å². The molecule has 2 fully saturated rings. The van der Waals surface area contributed by atoms with Gasteiger partial charge in [-0.1, -0.05) is 25.3 Å². The molecule has 1 aromatic heterocycles. The van der Waals surface area contributed by atoms with Crippen molar-refractivity contribution < 1.29 is 14.0 Å². The molecular formula is C25H31FN4O3. The van der Waals surface area contributed by atoms with Crippen LogP contribution in [0.5, 0.6) is 0 Å². The number of aromatic nitrogens is 2. The van der Waals surface area contributed by atoms with E-state index in [9.17, 15) is 18.8 Å². The number of carbonyl (C=O) groups is 2. The summed E-state index contributed by atoms with van der Waals surface area (Å²) in [6.45, 7) is 4.61. The van der Waals surface area contributed by atoms with E-state index in [1.807, 2.05) is 11.8 Å². The first kappa shape index (κ1) is 23.1. The van der Waals surface area contributed by atoms with Gasteiger partial charge in [0.15, 0.2) is 0 Å². The molecule has 1 saturated heterocycles. The van der Waals surface area contributed by atoms with Crippen LogP contribution in [0.4, 0.5) is 4.39 Å². The van der Waals surface area contributed by atoms with Crippen molar-refractivity contribution in [2.45, 2.75) is 64.8 Å². The number of carbonyl (C=O) groups excluding carboxylic acids is 2. The number of nitrogens with one attached hydrogen (secondary N) is 1. The predicted octanol–water partition coefficient (Wildman–Crippen LogP) is 3.12. The van der Waals surface area contributed by atoms with Crippen LogP contribution in [0.2, 0.25) is 0 Å². The van der Waals surface area contributed by atoms with Gasteiger partial charge in [-0.2, -0.15) is 5.10 Å². The molecule has 0 radical (unpaired) electrons.